The molecule has 1 saturated heterocycles. The van der Waals surface area contributed by atoms with Crippen molar-refractivity contribution in [3.8, 4) is 11.6 Å². The Morgan fingerprint density at radius 2 is 1.85 bits per heavy atom. The fourth-order valence-electron chi connectivity index (χ4n) is 5.54. The normalized spacial score (nSPS) is 21.4. The quantitative estimate of drug-likeness (QED) is 0.380. The third kappa shape index (κ3) is 6.84. The number of anilines is 1. The Kier molecular flexibility index (Phi) is 8.46. The molecule has 1 aromatic carbocycles. The van der Waals surface area contributed by atoms with E-state index in [0.717, 1.165) is 31.2 Å². The summed E-state index contributed by atoms with van der Waals surface area (Å²) in [6.07, 6.45) is 0.228. The molecule has 0 bridgehead atoms. The maximum Gasteiger partial charge on any atom is 0.391 e. The molecule has 1 amide bonds. The second-order valence-electron chi connectivity index (χ2n) is 10.6. The second kappa shape index (κ2) is 12.0. The number of benzene rings is 1. The van der Waals surface area contributed by atoms with Gasteiger partial charge in [-0.2, -0.15) is 18.2 Å². The number of hydrogen-bond donors (Lipinski definition) is 3. The Morgan fingerprint density at radius 1 is 1.10 bits per heavy atom. The van der Waals surface area contributed by atoms with Crippen LogP contribution < -0.4 is 10.1 Å². The highest BCUT2D eigenvalue weighted by Crippen LogP contribution is 2.31. The summed E-state index contributed by atoms with van der Waals surface area (Å²) >= 11 is 0. The number of piperidine rings is 1. The molecule has 1 aliphatic carbocycles. The number of aliphatic hydroxyl groups excluding tert-OH is 2. The number of carbonyl (C=O) groups is 1. The summed E-state index contributed by atoms with van der Waals surface area (Å²) in [4.78, 5) is 23.8. The molecule has 12 heteroatoms. The number of ether oxygens (including phenoxy) is 1. The molecule has 1 unspecified atom stereocenters. The largest absolute Gasteiger partial charge is 0.490 e. The van der Waals surface area contributed by atoms with E-state index >= 15 is 0 Å². The molecule has 0 radical (unpaired) electrons. The molecule has 9 nitrogen and oxygen atoms in total. The number of carbonyl (C=O) groups excluding carboxylic acids is 1. The molecule has 0 spiro atoms. The highest BCUT2D eigenvalue weighted by Gasteiger charge is 2.32. The van der Waals surface area contributed by atoms with E-state index in [0.29, 0.717) is 48.8 Å². The summed E-state index contributed by atoms with van der Waals surface area (Å²) in [6.45, 7) is 0.779. The van der Waals surface area contributed by atoms with Crippen molar-refractivity contribution >= 4 is 22.8 Å². The number of halogens is 3. The molecule has 2 aliphatic rings. The van der Waals surface area contributed by atoms with E-state index < -0.39 is 25.3 Å². The summed E-state index contributed by atoms with van der Waals surface area (Å²) < 4.78 is 44.9. The minimum atomic E-state index is -4.47. The van der Waals surface area contributed by atoms with Crippen LogP contribution in [0.2, 0.25) is 0 Å². The van der Waals surface area contributed by atoms with Gasteiger partial charge in [0.1, 0.15) is 18.2 Å². The van der Waals surface area contributed by atoms with Crippen molar-refractivity contribution in [2.75, 3.05) is 25.0 Å². The van der Waals surface area contributed by atoms with E-state index in [1.54, 1.807) is 36.7 Å². The lowest BCUT2D eigenvalue weighted by Gasteiger charge is -2.35. The average Bonchev–Trinajstić information content (AvgIpc) is 3.37. The molecule has 3 aromatic rings. The maximum absolute atomic E-state index is 12.9. The van der Waals surface area contributed by atoms with Gasteiger partial charge in [0.15, 0.2) is 0 Å². The molecular formula is C28H34F3N5O4. The summed E-state index contributed by atoms with van der Waals surface area (Å²) in [5, 5.41) is 23.5. The van der Waals surface area contributed by atoms with Crippen molar-refractivity contribution < 1.29 is 32.9 Å². The SMILES string of the molecule is O=C([C@H]1CC[C@H](Nc2nccc(-n3ccc4c(OCC(O)CC(F)(F)F)cccc43)n2)CC1)N1CCC(O)CC1. The molecule has 1 aliphatic heterocycles. The number of nitrogens with zero attached hydrogens (tertiary/aromatic N) is 4. The molecule has 1 saturated carbocycles. The van der Waals surface area contributed by atoms with Crippen LogP contribution in [0.15, 0.2) is 42.7 Å². The number of hydrogen-bond acceptors (Lipinski definition) is 7. The number of amides is 1. The zero-order valence-corrected chi connectivity index (χ0v) is 22.1. The van der Waals surface area contributed by atoms with Crippen LogP contribution in [0.3, 0.4) is 0 Å². The number of alkyl halides is 3. The van der Waals surface area contributed by atoms with Gasteiger partial charge in [0.25, 0.3) is 0 Å². The zero-order valence-electron chi connectivity index (χ0n) is 22.1. The van der Waals surface area contributed by atoms with Crippen molar-refractivity contribution in [3.63, 3.8) is 0 Å². The van der Waals surface area contributed by atoms with Crippen molar-refractivity contribution in [2.45, 2.75) is 69.4 Å². The van der Waals surface area contributed by atoms with Crippen LogP contribution in [-0.4, -0.2) is 79.7 Å². The standard InChI is InChI=1S/C28H34F3N5O4/c29-28(30,31)16-21(38)17-40-24-3-1-2-23-22(24)11-15-36(23)25-8-12-32-27(34-25)33-19-6-4-18(5-7-19)26(39)35-13-9-20(37)10-14-35/h1-3,8,11-12,15,18-21,37-38H,4-7,9-10,13-14,16-17H2,(H,32,33,34)/t18-,19-,21?. The second-order valence-corrected chi connectivity index (χ2v) is 10.6. The van der Waals surface area contributed by atoms with E-state index in [1.165, 1.54) is 0 Å². The predicted octanol–water partition coefficient (Wildman–Crippen LogP) is 4.07. The lowest BCUT2D eigenvalue weighted by molar-refractivity contribution is -0.156. The molecule has 1 atom stereocenters. The smallest absolute Gasteiger partial charge is 0.391 e. The lowest BCUT2D eigenvalue weighted by Crippen LogP contribution is -2.44. The number of fused-ring (bicyclic) bond motifs is 1. The minimum absolute atomic E-state index is 0.0118. The van der Waals surface area contributed by atoms with Crippen molar-refractivity contribution in [1.82, 2.24) is 19.4 Å². The Morgan fingerprint density at radius 3 is 2.58 bits per heavy atom. The number of aromatic nitrogens is 3. The molecule has 2 aromatic heterocycles. The lowest BCUT2D eigenvalue weighted by atomic mass is 9.85. The number of likely N-dealkylation sites (tertiary alicyclic amines) is 1. The van der Waals surface area contributed by atoms with Crippen LogP contribution in [0.5, 0.6) is 5.75 Å². The Hall–Kier alpha value is -3.38. The summed E-state index contributed by atoms with van der Waals surface area (Å²) in [5.74, 6) is 1.66. The number of aliphatic hydroxyl groups is 2. The van der Waals surface area contributed by atoms with Crippen molar-refractivity contribution in [2.24, 2.45) is 5.92 Å². The topological polar surface area (TPSA) is 113 Å². The van der Waals surface area contributed by atoms with Crippen LogP contribution in [0.1, 0.15) is 44.9 Å². The van der Waals surface area contributed by atoms with Gasteiger partial charge in [0, 0.05) is 42.8 Å². The van der Waals surface area contributed by atoms with Crippen LogP contribution in [0, 0.1) is 5.92 Å². The van der Waals surface area contributed by atoms with Gasteiger partial charge in [0.05, 0.1) is 24.1 Å². The van der Waals surface area contributed by atoms with Gasteiger partial charge in [-0.15, -0.1) is 0 Å². The van der Waals surface area contributed by atoms with Crippen molar-refractivity contribution in [1.29, 1.82) is 0 Å². The predicted molar refractivity (Wildman–Crippen MR) is 142 cm³/mol. The van der Waals surface area contributed by atoms with Crippen molar-refractivity contribution in [3.05, 3.63) is 42.7 Å². The number of rotatable bonds is 8. The van der Waals surface area contributed by atoms with Gasteiger partial charge in [-0.1, -0.05) is 6.07 Å². The Balaban J connectivity index is 1.20. The van der Waals surface area contributed by atoms with Gasteiger partial charge >= 0.3 is 6.18 Å². The van der Waals surface area contributed by atoms with Gasteiger partial charge in [-0.25, -0.2) is 4.98 Å². The molecule has 216 valence electrons. The Bertz CT molecular complexity index is 1300. The third-order valence-corrected chi connectivity index (χ3v) is 7.66. The van der Waals surface area contributed by atoms with Crippen LogP contribution in [0.4, 0.5) is 19.1 Å². The first-order valence-electron chi connectivity index (χ1n) is 13.7. The highest BCUT2D eigenvalue weighted by molar-refractivity contribution is 5.87. The molecule has 2 fully saturated rings. The van der Waals surface area contributed by atoms with Gasteiger partial charge in [-0.3, -0.25) is 4.79 Å². The summed E-state index contributed by atoms with van der Waals surface area (Å²) in [5.41, 5.74) is 0.747. The summed E-state index contributed by atoms with van der Waals surface area (Å²) in [6, 6.07) is 8.93. The first-order valence-corrected chi connectivity index (χ1v) is 13.7. The van der Waals surface area contributed by atoms with Gasteiger partial charge in [0.2, 0.25) is 11.9 Å². The van der Waals surface area contributed by atoms with E-state index in [9.17, 15) is 28.2 Å². The van der Waals surface area contributed by atoms with E-state index in [-0.39, 0.29) is 24.0 Å². The molecule has 40 heavy (non-hydrogen) atoms. The monoisotopic (exact) mass is 561 g/mol. The first-order chi connectivity index (χ1) is 19.2. The minimum Gasteiger partial charge on any atom is -0.490 e. The van der Waals surface area contributed by atoms with E-state index in [1.807, 2.05) is 15.5 Å². The maximum atomic E-state index is 12.9. The zero-order chi connectivity index (χ0) is 28.3. The van der Waals surface area contributed by atoms with E-state index in [4.69, 9.17) is 4.74 Å². The van der Waals surface area contributed by atoms with Gasteiger partial charge < -0.3 is 29.7 Å². The molecular weight excluding hydrogens is 527 g/mol. The molecule has 3 N–H and O–H groups in total. The highest BCUT2D eigenvalue weighted by atomic mass is 19.4. The Labute approximate surface area is 230 Å². The first kappa shape index (κ1) is 28.2. The fourth-order valence-corrected chi connectivity index (χ4v) is 5.54. The van der Waals surface area contributed by atoms with Crippen LogP contribution in [-0.2, 0) is 4.79 Å². The van der Waals surface area contributed by atoms with Gasteiger partial charge in [-0.05, 0) is 62.8 Å². The molecule has 3 heterocycles. The molecule has 5 rings (SSSR count). The average molecular weight is 562 g/mol. The van der Waals surface area contributed by atoms with E-state index in [2.05, 4.69) is 15.3 Å². The number of nitrogens with one attached hydrogen (secondary N) is 1. The van der Waals surface area contributed by atoms with Crippen LogP contribution >= 0.6 is 0 Å². The summed E-state index contributed by atoms with van der Waals surface area (Å²) in [7, 11) is 0. The third-order valence-electron chi connectivity index (χ3n) is 7.66. The van der Waals surface area contributed by atoms with Crippen LogP contribution in [0.25, 0.3) is 16.7 Å². The fraction of sp³-hybridized carbons (Fsp3) is 0.536.